The Morgan fingerprint density at radius 3 is 2.71 bits per heavy atom. The molecule has 3 N–H and O–H groups in total. The zero-order valence-corrected chi connectivity index (χ0v) is 13.1. The minimum atomic E-state index is -0.463. The van der Waals surface area contributed by atoms with Crippen LogP contribution < -0.4 is 11.1 Å². The Bertz CT molecular complexity index is 447. The second-order valence-electron chi connectivity index (χ2n) is 6.28. The Morgan fingerprint density at radius 1 is 1.38 bits per heavy atom. The van der Waals surface area contributed by atoms with Gasteiger partial charge in [0.2, 0.25) is 5.91 Å². The summed E-state index contributed by atoms with van der Waals surface area (Å²) in [7, 11) is 0. The van der Waals surface area contributed by atoms with E-state index in [-0.39, 0.29) is 5.91 Å². The first-order chi connectivity index (χ1) is 10.1. The van der Waals surface area contributed by atoms with Crippen molar-refractivity contribution in [1.82, 2.24) is 10.2 Å². The highest BCUT2D eigenvalue weighted by Crippen LogP contribution is 2.17. The molecule has 116 valence electrons. The van der Waals surface area contributed by atoms with E-state index >= 15 is 0 Å². The number of rotatable bonds is 6. The highest BCUT2D eigenvalue weighted by molar-refractivity contribution is 5.81. The number of nitrogens with two attached hydrogens (primary N) is 1. The summed E-state index contributed by atoms with van der Waals surface area (Å²) in [6, 6.07) is 10.0. The molecular weight excluding hydrogens is 262 g/mol. The van der Waals surface area contributed by atoms with Crippen LogP contribution in [-0.4, -0.2) is 42.5 Å². The summed E-state index contributed by atoms with van der Waals surface area (Å²) in [5.74, 6) is 0.516. The lowest BCUT2D eigenvalue weighted by Crippen LogP contribution is -2.44. The Morgan fingerprint density at radius 2 is 2.10 bits per heavy atom. The zero-order valence-electron chi connectivity index (χ0n) is 13.1. The molecule has 4 nitrogen and oxygen atoms in total. The van der Waals surface area contributed by atoms with Crippen LogP contribution in [0.2, 0.25) is 0 Å². The molecule has 2 unspecified atom stereocenters. The van der Waals surface area contributed by atoms with Crippen LogP contribution in [0.15, 0.2) is 30.3 Å². The molecular formula is C17H27N3O. The molecule has 1 aliphatic heterocycles. The maximum Gasteiger partial charge on any atom is 0.237 e. The van der Waals surface area contributed by atoms with Gasteiger partial charge in [0.05, 0.1) is 6.04 Å². The van der Waals surface area contributed by atoms with E-state index in [1.165, 1.54) is 0 Å². The van der Waals surface area contributed by atoms with E-state index in [1.807, 2.05) is 30.3 Å². The molecule has 21 heavy (non-hydrogen) atoms. The Kier molecular flexibility index (Phi) is 5.76. The number of nitrogens with one attached hydrogen (secondary N) is 1. The van der Waals surface area contributed by atoms with Gasteiger partial charge in [-0.3, -0.25) is 4.79 Å². The number of hydrogen-bond acceptors (Lipinski definition) is 3. The van der Waals surface area contributed by atoms with Crippen LogP contribution >= 0.6 is 0 Å². The minimum Gasteiger partial charge on any atom is -0.354 e. The highest BCUT2D eigenvalue weighted by atomic mass is 16.2. The van der Waals surface area contributed by atoms with E-state index in [2.05, 4.69) is 24.1 Å². The predicted molar refractivity (Wildman–Crippen MR) is 85.9 cm³/mol. The Balaban J connectivity index is 1.72. The van der Waals surface area contributed by atoms with Crippen molar-refractivity contribution >= 4 is 5.91 Å². The second-order valence-corrected chi connectivity index (χ2v) is 6.28. The molecule has 0 spiro atoms. The molecule has 0 radical (unpaired) electrons. The fourth-order valence-electron chi connectivity index (χ4n) is 2.83. The Labute approximate surface area is 127 Å². The topological polar surface area (TPSA) is 58.4 Å². The van der Waals surface area contributed by atoms with E-state index in [1.54, 1.807) is 0 Å². The van der Waals surface area contributed by atoms with Crippen molar-refractivity contribution in [3.63, 3.8) is 0 Å². The fraction of sp³-hybridized carbons (Fsp3) is 0.588. The van der Waals surface area contributed by atoms with E-state index in [9.17, 15) is 4.79 Å². The standard InChI is InChI=1S/C17H27N3O/c1-13(2)20-9-8-15(12-20)11-19-17(21)16(18)10-14-6-4-3-5-7-14/h3-7,13,15-16H,8-12,18H2,1-2H3,(H,19,21). The number of hydrogen-bond donors (Lipinski definition) is 2. The lowest BCUT2D eigenvalue weighted by molar-refractivity contribution is -0.122. The fourth-order valence-corrected chi connectivity index (χ4v) is 2.83. The maximum atomic E-state index is 12.1. The van der Waals surface area contributed by atoms with Gasteiger partial charge >= 0.3 is 0 Å². The van der Waals surface area contributed by atoms with Gasteiger partial charge in [0.25, 0.3) is 0 Å². The van der Waals surface area contributed by atoms with Crippen molar-refractivity contribution in [3.8, 4) is 0 Å². The van der Waals surface area contributed by atoms with Gasteiger partial charge in [0, 0.05) is 19.1 Å². The van der Waals surface area contributed by atoms with E-state index in [0.717, 1.165) is 31.6 Å². The van der Waals surface area contributed by atoms with Gasteiger partial charge < -0.3 is 16.0 Å². The van der Waals surface area contributed by atoms with Crippen LogP contribution in [-0.2, 0) is 11.2 Å². The summed E-state index contributed by atoms with van der Waals surface area (Å²) in [5.41, 5.74) is 7.09. The van der Waals surface area contributed by atoms with Gasteiger partial charge in [-0.1, -0.05) is 30.3 Å². The van der Waals surface area contributed by atoms with Gasteiger partial charge in [-0.05, 0) is 44.7 Å². The van der Waals surface area contributed by atoms with Gasteiger partial charge in [-0.2, -0.15) is 0 Å². The molecule has 1 aromatic rings. The largest absolute Gasteiger partial charge is 0.354 e. The van der Waals surface area contributed by atoms with Crippen LogP contribution in [0.5, 0.6) is 0 Å². The lowest BCUT2D eigenvalue weighted by atomic mass is 10.1. The number of nitrogens with zero attached hydrogens (tertiary/aromatic N) is 1. The molecule has 2 rings (SSSR count). The molecule has 1 heterocycles. The third-order valence-electron chi connectivity index (χ3n) is 4.25. The van der Waals surface area contributed by atoms with E-state index in [4.69, 9.17) is 5.73 Å². The molecule has 1 amide bonds. The number of likely N-dealkylation sites (tertiary alicyclic amines) is 1. The third-order valence-corrected chi connectivity index (χ3v) is 4.25. The molecule has 1 aliphatic rings. The predicted octanol–water partition coefficient (Wildman–Crippen LogP) is 1.40. The maximum absolute atomic E-state index is 12.1. The number of amides is 1. The summed E-state index contributed by atoms with van der Waals surface area (Å²) >= 11 is 0. The first-order valence-electron chi connectivity index (χ1n) is 7.87. The number of carbonyl (C=O) groups is 1. The van der Waals surface area contributed by atoms with E-state index < -0.39 is 6.04 Å². The van der Waals surface area contributed by atoms with Crippen molar-refractivity contribution in [1.29, 1.82) is 0 Å². The van der Waals surface area contributed by atoms with Crippen molar-refractivity contribution in [2.24, 2.45) is 11.7 Å². The summed E-state index contributed by atoms with van der Waals surface area (Å²) in [4.78, 5) is 14.5. The van der Waals surface area contributed by atoms with Gasteiger partial charge in [0.15, 0.2) is 0 Å². The second kappa shape index (κ2) is 7.57. The van der Waals surface area contributed by atoms with Crippen molar-refractivity contribution in [3.05, 3.63) is 35.9 Å². The normalized spacial score (nSPS) is 20.7. The summed E-state index contributed by atoms with van der Waals surface area (Å²) in [6.45, 7) is 7.39. The average molecular weight is 289 g/mol. The number of benzene rings is 1. The van der Waals surface area contributed by atoms with Crippen LogP contribution in [0.4, 0.5) is 0 Å². The number of carbonyl (C=O) groups excluding carboxylic acids is 1. The molecule has 0 bridgehead atoms. The third kappa shape index (κ3) is 4.83. The molecule has 2 atom stereocenters. The highest BCUT2D eigenvalue weighted by Gasteiger charge is 2.25. The first kappa shape index (κ1) is 16.0. The van der Waals surface area contributed by atoms with E-state index in [0.29, 0.717) is 18.4 Å². The first-order valence-corrected chi connectivity index (χ1v) is 7.87. The molecule has 1 aromatic carbocycles. The van der Waals surface area contributed by atoms with Crippen LogP contribution in [0, 0.1) is 5.92 Å². The van der Waals surface area contributed by atoms with Crippen molar-refractivity contribution in [2.75, 3.05) is 19.6 Å². The van der Waals surface area contributed by atoms with Gasteiger partial charge in [-0.25, -0.2) is 0 Å². The summed E-state index contributed by atoms with van der Waals surface area (Å²) < 4.78 is 0. The van der Waals surface area contributed by atoms with Crippen LogP contribution in [0.25, 0.3) is 0 Å². The smallest absolute Gasteiger partial charge is 0.237 e. The van der Waals surface area contributed by atoms with Gasteiger partial charge in [-0.15, -0.1) is 0 Å². The Hall–Kier alpha value is -1.39. The summed E-state index contributed by atoms with van der Waals surface area (Å²) in [6.07, 6.45) is 1.75. The molecule has 1 saturated heterocycles. The van der Waals surface area contributed by atoms with Crippen molar-refractivity contribution in [2.45, 2.75) is 38.8 Å². The van der Waals surface area contributed by atoms with Gasteiger partial charge in [0.1, 0.15) is 0 Å². The molecule has 1 fully saturated rings. The van der Waals surface area contributed by atoms with Crippen LogP contribution in [0.3, 0.4) is 0 Å². The summed E-state index contributed by atoms with van der Waals surface area (Å²) in [5, 5.41) is 3.01. The molecule has 4 heteroatoms. The molecule has 0 aromatic heterocycles. The monoisotopic (exact) mass is 289 g/mol. The zero-order chi connectivity index (χ0) is 15.2. The average Bonchev–Trinajstić information content (AvgIpc) is 2.95. The van der Waals surface area contributed by atoms with Crippen molar-refractivity contribution < 1.29 is 4.79 Å². The quantitative estimate of drug-likeness (QED) is 0.832. The molecule has 0 aliphatic carbocycles. The SMILES string of the molecule is CC(C)N1CCC(CNC(=O)C(N)Cc2ccccc2)C1. The molecule has 0 saturated carbocycles. The lowest BCUT2D eigenvalue weighted by Gasteiger charge is -2.20. The van der Waals surface area contributed by atoms with Crippen LogP contribution in [0.1, 0.15) is 25.8 Å². The minimum absolute atomic E-state index is 0.0400.